The van der Waals surface area contributed by atoms with Crippen LogP contribution in [0, 0.1) is 0 Å². The van der Waals surface area contributed by atoms with Crippen LogP contribution in [0.1, 0.15) is 200 Å². The second kappa shape index (κ2) is 34.0. The van der Waals surface area contributed by atoms with E-state index in [0.717, 1.165) is 32.1 Å². The SMILES string of the molecule is CCCCCCCCCCCCCCCCCC/C=C/C(O)C(CO)NC(=O)C(O)CCCCCCCCCCCCC. The molecule has 43 heavy (non-hydrogen) atoms. The highest BCUT2D eigenvalue weighted by Gasteiger charge is 2.22. The molecule has 0 aromatic carbocycles. The minimum absolute atomic E-state index is 0.360. The monoisotopic (exact) mass is 610 g/mol. The van der Waals surface area contributed by atoms with Gasteiger partial charge in [0.05, 0.1) is 18.8 Å². The third kappa shape index (κ3) is 29.6. The molecule has 0 spiro atoms. The summed E-state index contributed by atoms with van der Waals surface area (Å²) >= 11 is 0. The van der Waals surface area contributed by atoms with Gasteiger partial charge in [0.25, 0.3) is 0 Å². The van der Waals surface area contributed by atoms with Crippen molar-refractivity contribution in [1.82, 2.24) is 5.32 Å². The molecule has 3 atom stereocenters. The van der Waals surface area contributed by atoms with Gasteiger partial charge in [-0.15, -0.1) is 0 Å². The quantitative estimate of drug-likeness (QED) is 0.0432. The summed E-state index contributed by atoms with van der Waals surface area (Å²) in [6.07, 6.45) is 38.0. The van der Waals surface area contributed by atoms with Crippen LogP contribution in [0.2, 0.25) is 0 Å². The zero-order chi connectivity index (χ0) is 31.6. The number of aliphatic hydroxyl groups excluding tert-OH is 3. The maximum Gasteiger partial charge on any atom is 0.249 e. The lowest BCUT2D eigenvalue weighted by molar-refractivity contribution is -0.131. The summed E-state index contributed by atoms with van der Waals surface area (Å²) < 4.78 is 0. The van der Waals surface area contributed by atoms with Crippen molar-refractivity contribution < 1.29 is 20.1 Å². The molecule has 0 bridgehead atoms. The van der Waals surface area contributed by atoms with E-state index in [0.29, 0.717) is 6.42 Å². The fourth-order valence-electron chi connectivity index (χ4n) is 5.83. The Morgan fingerprint density at radius 2 is 0.907 bits per heavy atom. The molecule has 3 unspecified atom stereocenters. The third-order valence-electron chi connectivity index (χ3n) is 8.88. The number of hydrogen-bond acceptors (Lipinski definition) is 4. The number of hydrogen-bond donors (Lipinski definition) is 4. The van der Waals surface area contributed by atoms with Crippen LogP contribution in [0.3, 0.4) is 0 Å². The first-order chi connectivity index (χ1) is 21.1. The predicted molar refractivity (Wildman–Crippen MR) is 185 cm³/mol. The second-order valence-electron chi connectivity index (χ2n) is 13.1. The topological polar surface area (TPSA) is 89.8 Å². The number of nitrogens with one attached hydrogen (secondary N) is 1. The highest BCUT2D eigenvalue weighted by atomic mass is 16.3. The van der Waals surface area contributed by atoms with Gasteiger partial charge in [-0.05, 0) is 19.3 Å². The van der Waals surface area contributed by atoms with E-state index in [1.807, 2.05) is 6.08 Å². The first-order valence-electron chi connectivity index (χ1n) is 19.0. The zero-order valence-electron chi connectivity index (χ0n) is 28.8. The van der Waals surface area contributed by atoms with Crippen LogP contribution in [0.5, 0.6) is 0 Å². The average molecular weight is 610 g/mol. The summed E-state index contributed by atoms with van der Waals surface area (Å²) in [4.78, 5) is 12.4. The highest BCUT2D eigenvalue weighted by Crippen LogP contribution is 2.15. The summed E-state index contributed by atoms with van der Waals surface area (Å²) in [5.74, 6) is -0.503. The number of aliphatic hydroxyl groups is 3. The van der Waals surface area contributed by atoms with Crippen molar-refractivity contribution >= 4 is 5.91 Å². The molecule has 0 aliphatic rings. The van der Waals surface area contributed by atoms with Crippen molar-refractivity contribution in [2.75, 3.05) is 6.61 Å². The minimum Gasteiger partial charge on any atom is -0.394 e. The smallest absolute Gasteiger partial charge is 0.249 e. The molecule has 0 aliphatic carbocycles. The number of carbonyl (C=O) groups is 1. The molecular weight excluding hydrogens is 534 g/mol. The van der Waals surface area contributed by atoms with E-state index >= 15 is 0 Å². The van der Waals surface area contributed by atoms with Gasteiger partial charge in [-0.3, -0.25) is 4.79 Å². The lowest BCUT2D eigenvalue weighted by Gasteiger charge is -2.21. The van der Waals surface area contributed by atoms with Crippen molar-refractivity contribution in [2.45, 2.75) is 218 Å². The van der Waals surface area contributed by atoms with Crippen LogP contribution in [0.4, 0.5) is 0 Å². The molecule has 0 saturated heterocycles. The summed E-state index contributed by atoms with van der Waals surface area (Å²) in [7, 11) is 0. The van der Waals surface area contributed by atoms with E-state index < -0.39 is 24.2 Å². The number of allylic oxidation sites excluding steroid dienone is 1. The van der Waals surface area contributed by atoms with Gasteiger partial charge in [-0.2, -0.15) is 0 Å². The van der Waals surface area contributed by atoms with E-state index in [-0.39, 0.29) is 6.61 Å². The van der Waals surface area contributed by atoms with Gasteiger partial charge in [0.2, 0.25) is 5.91 Å². The number of rotatable bonds is 34. The maximum atomic E-state index is 12.4. The maximum absolute atomic E-state index is 12.4. The van der Waals surface area contributed by atoms with E-state index in [4.69, 9.17) is 0 Å². The van der Waals surface area contributed by atoms with E-state index in [1.165, 1.54) is 148 Å². The standard InChI is InChI=1S/C38H75NO4/c1-3-5-7-9-11-13-15-16-17-18-19-20-21-23-24-26-28-30-32-36(41)35(34-40)39-38(43)37(42)33-31-29-27-25-22-14-12-10-8-6-4-2/h30,32,35-37,40-42H,3-29,31,33-34H2,1-2H3,(H,39,43)/b32-30+. The Balaban J connectivity index is 3.70. The summed E-state index contributed by atoms with van der Waals surface area (Å²) in [5.41, 5.74) is 0. The summed E-state index contributed by atoms with van der Waals surface area (Å²) in [6, 6.07) is -0.790. The van der Waals surface area contributed by atoms with Crippen molar-refractivity contribution in [3.63, 3.8) is 0 Å². The van der Waals surface area contributed by atoms with Crippen molar-refractivity contribution in [1.29, 1.82) is 0 Å². The van der Waals surface area contributed by atoms with Crippen LogP contribution in [0.15, 0.2) is 12.2 Å². The Labute approximate surface area is 268 Å². The van der Waals surface area contributed by atoms with Gasteiger partial charge in [0, 0.05) is 0 Å². The minimum atomic E-state index is -1.09. The molecule has 0 aliphatic heterocycles. The molecule has 256 valence electrons. The molecule has 0 radical (unpaired) electrons. The molecule has 5 nitrogen and oxygen atoms in total. The van der Waals surface area contributed by atoms with Gasteiger partial charge in [-0.1, -0.05) is 193 Å². The first-order valence-corrected chi connectivity index (χ1v) is 19.0. The van der Waals surface area contributed by atoms with Gasteiger partial charge >= 0.3 is 0 Å². The van der Waals surface area contributed by atoms with E-state index in [1.54, 1.807) is 6.08 Å². The van der Waals surface area contributed by atoms with Crippen LogP contribution in [-0.4, -0.2) is 46.1 Å². The number of amides is 1. The van der Waals surface area contributed by atoms with Gasteiger partial charge < -0.3 is 20.6 Å². The van der Waals surface area contributed by atoms with Crippen LogP contribution in [-0.2, 0) is 4.79 Å². The number of unbranched alkanes of at least 4 members (excludes halogenated alkanes) is 26. The molecule has 0 saturated carbocycles. The fraction of sp³-hybridized carbons (Fsp3) is 0.921. The Hall–Kier alpha value is -0.910. The van der Waals surface area contributed by atoms with E-state index in [2.05, 4.69) is 19.2 Å². The van der Waals surface area contributed by atoms with Crippen molar-refractivity contribution in [3.05, 3.63) is 12.2 Å². The average Bonchev–Trinajstić information content (AvgIpc) is 3.01. The fourth-order valence-corrected chi connectivity index (χ4v) is 5.83. The Kier molecular flexibility index (Phi) is 33.3. The molecular formula is C38H75NO4. The molecule has 0 rings (SSSR count). The molecule has 0 fully saturated rings. The molecule has 1 amide bonds. The third-order valence-corrected chi connectivity index (χ3v) is 8.88. The normalized spacial score (nSPS) is 13.9. The van der Waals surface area contributed by atoms with Crippen LogP contribution >= 0.6 is 0 Å². The first kappa shape index (κ1) is 42.1. The Morgan fingerprint density at radius 3 is 1.28 bits per heavy atom. The lowest BCUT2D eigenvalue weighted by Crippen LogP contribution is -2.48. The van der Waals surface area contributed by atoms with Crippen molar-refractivity contribution in [2.24, 2.45) is 0 Å². The molecule has 0 aromatic heterocycles. The molecule has 0 aromatic rings. The molecule has 5 heteroatoms. The van der Waals surface area contributed by atoms with E-state index in [9.17, 15) is 20.1 Å². The number of carbonyl (C=O) groups excluding carboxylic acids is 1. The molecule has 0 heterocycles. The van der Waals surface area contributed by atoms with Crippen molar-refractivity contribution in [3.8, 4) is 0 Å². The van der Waals surface area contributed by atoms with Gasteiger partial charge in [-0.25, -0.2) is 0 Å². The summed E-state index contributed by atoms with van der Waals surface area (Å²) in [6.45, 7) is 4.16. The largest absolute Gasteiger partial charge is 0.394 e. The molecule has 4 N–H and O–H groups in total. The summed E-state index contributed by atoms with van der Waals surface area (Å²) in [5, 5.41) is 32.9. The Bertz CT molecular complexity index is 596. The Morgan fingerprint density at radius 1 is 0.558 bits per heavy atom. The van der Waals surface area contributed by atoms with Crippen LogP contribution < -0.4 is 5.32 Å². The lowest BCUT2D eigenvalue weighted by atomic mass is 10.0. The zero-order valence-corrected chi connectivity index (χ0v) is 28.8. The second-order valence-corrected chi connectivity index (χ2v) is 13.1. The van der Waals surface area contributed by atoms with Gasteiger partial charge in [0.15, 0.2) is 0 Å². The van der Waals surface area contributed by atoms with Gasteiger partial charge in [0.1, 0.15) is 6.10 Å². The predicted octanol–water partition coefficient (Wildman–Crippen LogP) is 10.1. The van der Waals surface area contributed by atoms with Crippen LogP contribution in [0.25, 0.3) is 0 Å². The highest BCUT2D eigenvalue weighted by molar-refractivity contribution is 5.80.